The zero-order chi connectivity index (χ0) is 15.7. The molecule has 1 atom stereocenters. The highest BCUT2D eigenvalue weighted by Crippen LogP contribution is 2.08. The molecule has 0 bridgehead atoms. The molecule has 1 amide bonds. The summed E-state index contributed by atoms with van der Waals surface area (Å²) < 4.78 is 5.25. The first-order valence-electron chi connectivity index (χ1n) is 6.92. The molecule has 0 aliphatic rings. The molecule has 0 fully saturated rings. The average molecular weight is 295 g/mol. The molecule has 116 valence electrons. The molecule has 0 saturated heterocycles. The van der Waals surface area contributed by atoms with Gasteiger partial charge in [-0.05, 0) is 19.4 Å². The van der Waals surface area contributed by atoms with Crippen LogP contribution in [0.2, 0.25) is 0 Å². The van der Waals surface area contributed by atoms with Crippen LogP contribution in [0.1, 0.15) is 30.6 Å². The van der Waals surface area contributed by atoms with Crippen LogP contribution in [0.3, 0.4) is 0 Å². The summed E-state index contributed by atoms with van der Waals surface area (Å²) in [4.78, 5) is 24.9. The van der Waals surface area contributed by atoms with Gasteiger partial charge in [0, 0.05) is 26.3 Å². The van der Waals surface area contributed by atoms with Crippen molar-refractivity contribution in [2.75, 3.05) is 26.3 Å². The SMILES string of the molecule is CCOCCCN(CC(C)C(=O)O)C(=O)c1ccnnc1. The summed E-state index contributed by atoms with van der Waals surface area (Å²) >= 11 is 0. The number of carboxylic acid groups (broad SMARTS) is 1. The Morgan fingerprint density at radius 3 is 2.76 bits per heavy atom. The summed E-state index contributed by atoms with van der Waals surface area (Å²) in [6.45, 7) is 5.24. The molecule has 0 aliphatic carbocycles. The highest BCUT2D eigenvalue weighted by molar-refractivity contribution is 5.94. The third kappa shape index (κ3) is 5.86. The quantitative estimate of drug-likeness (QED) is 0.685. The van der Waals surface area contributed by atoms with Crippen LogP contribution < -0.4 is 0 Å². The fraction of sp³-hybridized carbons (Fsp3) is 0.571. The third-order valence-electron chi connectivity index (χ3n) is 2.96. The molecule has 0 saturated carbocycles. The van der Waals surface area contributed by atoms with Gasteiger partial charge >= 0.3 is 5.97 Å². The van der Waals surface area contributed by atoms with Gasteiger partial charge in [0.25, 0.3) is 5.91 Å². The van der Waals surface area contributed by atoms with Crippen LogP contribution >= 0.6 is 0 Å². The molecule has 7 heteroatoms. The molecule has 7 nitrogen and oxygen atoms in total. The van der Waals surface area contributed by atoms with Crippen LogP contribution in [0.4, 0.5) is 0 Å². The lowest BCUT2D eigenvalue weighted by Gasteiger charge is -2.24. The fourth-order valence-electron chi connectivity index (χ4n) is 1.79. The van der Waals surface area contributed by atoms with E-state index in [1.807, 2.05) is 6.92 Å². The molecule has 1 aromatic rings. The Morgan fingerprint density at radius 1 is 1.43 bits per heavy atom. The molecule has 1 heterocycles. The van der Waals surface area contributed by atoms with Crippen LogP contribution in [0.5, 0.6) is 0 Å². The highest BCUT2D eigenvalue weighted by atomic mass is 16.5. The monoisotopic (exact) mass is 295 g/mol. The average Bonchev–Trinajstić information content (AvgIpc) is 2.50. The van der Waals surface area contributed by atoms with E-state index in [4.69, 9.17) is 9.84 Å². The number of ether oxygens (including phenoxy) is 1. The van der Waals surface area contributed by atoms with E-state index in [1.165, 1.54) is 17.3 Å². The van der Waals surface area contributed by atoms with Crippen molar-refractivity contribution in [1.29, 1.82) is 0 Å². The maximum absolute atomic E-state index is 12.4. The van der Waals surface area contributed by atoms with Crippen LogP contribution in [0.25, 0.3) is 0 Å². The van der Waals surface area contributed by atoms with Crippen molar-refractivity contribution in [1.82, 2.24) is 15.1 Å². The number of rotatable bonds is 9. The lowest BCUT2D eigenvalue weighted by atomic mass is 10.1. The van der Waals surface area contributed by atoms with Gasteiger partial charge in [-0.15, -0.1) is 0 Å². The van der Waals surface area contributed by atoms with Crippen molar-refractivity contribution in [3.63, 3.8) is 0 Å². The molecule has 0 spiro atoms. The summed E-state index contributed by atoms with van der Waals surface area (Å²) in [5, 5.41) is 16.3. The minimum absolute atomic E-state index is 0.155. The lowest BCUT2D eigenvalue weighted by molar-refractivity contribution is -0.141. The minimum atomic E-state index is -0.925. The van der Waals surface area contributed by atoms with Crippen LogP contribution in [0, 0.1) is 5.92 Å². The summed E-state index contributed by atoms with van der Waals surface area (Å²) in [5.41, 5.74) is 0.402. The molecule has 21 heavy (non-hydrogen) atoms. The van der Waals surface area contributed by atoms with Crippen LogP contribution in [-0.2, 0) is 9.53 Å². The number of nitrogens with zero attached hydrogens (tertiary/aromatic N) is 3. The molecular formula is C14H21N3O4. The van der Waals surface area contributed by atoms with Gasteiger partial charge in [0.1, 0.15) is 0 Å². The third-order valence-corrected chi connectivity index (χ3v) is 2.96. The number of carbonyl (C=O) groups excluding carboxylic acids is 1. The Kier molecular flexibility index (Phi) is 7.31. The van der Waals surface area contributed by atoms with Gasteiger partial charge in [-0.3, -0.25) is 9.59 Å². The van der Waals surface area contributed by atoms with E-state index in [-0.39, 0.29) is 12.5 Å². The fourth-order valence-corrected chi connectivity index (χ4v) is 1.79. The van der Waals surface area contributed by atoms with Gasteiger partial charge < -0.3 is 14.7 Å². The highest BCUT2D eigenvalue weighted by Gasteiger charge is 2.21. The second kappa shape index (κ2) is 9.02. The van der Waals surface area contributed by atoms with E-state index in [0.717, 1.165) is 0 Å². The van der Waals surface area contributed by atoms with E-state index in [0.29, 0.717) is 31.7 Å². The zero-order valence-corrected chi connectivity index (χ0v) is 12.4. The summed E-state index contributed by atoms with van der Waals surface area (Å²) in [7, 11) is 0. The van der Waals surface area contributed by atoms with Crippen molar-refractivity contribution in [3.05, 3.63) is 24.0 Å². The van der Waals surface area contributed by atoms with Gasteiger partial charge in [-0.1, -0.05) is 6.92 Å². The normalized spacial score (nSPS) is 11.9. The van der Waals surface area contributed by atoms with E-state index in [9.17, 15) is 9.59 Å². The topological polar surface area (TPSA) is 92.6 Å². The number of aromatic nitrogens is 2. The standard InChI is InChI=1S/C14H21N3O4/c1-3-21-8-4-7-17(10-11(2)14(19)20)13(18)12-5-6-15-16-9-12/h5-6,9,11H,3-4,7-8,10H2,1-2H3,(H,19,20). The zero-order valence-electron chi connectivity index (χ0n) is 12.4. The second-order valence-electron chi connectivity index (χ2n) is 4.67. The van der Waals surface area contributed by atoms with Crippen molar-refractivity contribution in [2.45, 2.75) is 20.3 Å². The Labute approximate surface area is 123 Å². The number of carbonyl (C=O) groups is 2. The van der Waals surface area contributed by atoms with Crippen LogP contribution in [-0.4, -0.2) is 58.4 Å². The lowest BCUT2D eigenvalue weighted by Crippen LogP contribution is -2.38. The van der Waals surface area contributed by atoms with Gasteiger partial charge in [0.15, 0.2) is 0 Å². The first-order valence-corrected chi connectivity index (χ1v) is 6.92. The van der Waals surface area contributed by atoms with Gasteiger partial charge in [-0.25, -0.2) is 0 Å². The van der Waals surface area contributed by atoms with E-state index in [1.54, 1.807) is 13.0 Å². The summed E-state index contributed by atoms with van der Waals surface area (Å²) in [6.07, 6.45) is 3.47. The van der Waals surface area contributed by atoms with Crippen molar-refractivity contribution in [2.24, 2.45) is 5.92 Å². The van der Waals surface area contributed by atoms with Crippen molar-refractivity contribution >= 4 is 11.9 Å². The maximum Gasteiger partial charge on any atom is 0.308 e. The number of hydrogen-bond donors (Lipinski definition) is 1. The Balaban J connectivity index is 2.70. The summed E-state index contributed by atoms with van der Waals surface area (Å²) in [6, 6.07) is 1.57. The first kappa shape index (κ1) is 17.0. The molecule has 1 N–H and O–H groups in total. The maximum atomic E-state index is 12.4. The number of aliphatic carboxylic acids is 1. The van der Waals surface area contributed by atoms with E-state index >= 15 is 0 Å². The van der Waals surface area contributed by atoms with E-state index in [2.05, 4.69) is 10.2 Å². The first-order chi connectivity index (χ1) is 10.1. The Bertz CT molecular complexity index is 453. The number of carboxylic acids is 1. The molecule has 1 rings (SSSR count). The van der Waals surface area contributed by atoms with Gasteiger partial charge in [-0.2, -0.15) is 10.2 Å². The molecule has 0 aliphatic heterocycles. The predicted molar refractivity (Wildman–Crippen MR) is 75.8 cm³/mol. The minimum Gasteiger partial charge on any atom is -0.481 e. The van der Waals surface area contributed by atoms with Crippen molar-refractivity contribution < 1.29 is 19.4 Å². The molecular weight excluding hydrogens is 274 g/mol. The predicted octanol–water partition coefficient (Wildman–Crippen LogP) is 1.07. The largest absolute Gasteiger partial charge is 0.481 e. The van der Waals surface area contributed by atoms with Crippen LogP contribution in [0.15, 0.2) is 18.5 Å². The number of amides is 1. The Hall–Kier alpha value is -2.02. The van der Waals surface area contributed by atoms with Gasteiger partial charge in [0.05, 0.1) is 23.9 Å². The van der Waals surface area contributed by atoms with E-state index < -0.39 is 11.9 Å². The smallest absolute Gasteiger partial charge is 0.308 e. The van der Waals surface area contributed by atoms with Gasteiger partial charge in [0.2, 0.25) is 0 Å². The van der Waals surface area contributed by atoms with Crippen molar-refractivity contribution in [3.8, 4) is 0 Å². The molecule has 0 radical (unpaired) electrons. The number of hydrogen-bond acceptors (Lipinski definition) is 5. The second-order valence-corrected chi connectivity index (χ2v) is 4.67. The Morgan fingerprint density at radius 2 is 2.19 bits per heavy atom. The summed E-state index contributed by atoms with van der Waals surface area (Å²) in [5.74, 6) is -1.80. The molecule has 0 aromatic carbocycles. The molecule has 1 aromatic heterocycles. The molecule has 1 unspecified atom stereocenters.